The standard InChI is InChI=1S/C16H8F8O4/c1-6-8(4-5-10(12(6)17)28-16(22,23)24)27-9-3-2-7(15(19,20)21)13(18)11(9)14(25)26/h2-5H,1H3,(H,25,26). The number of carbonyl (C=O) groups is 1. The molecule has 0 aliphatic carbocycles. The number of aromatic carboxylic acids is 1. The topological polar surface area (TPSA) is 55.8 Å². The molecule has 1 N–H and O–H groups in total. The van der Waals surface area contributed by atoms with E-state index in [-0.39, 0.29) is 6.07 Å². The van der Waals surface area contributed by atoms with Gasteiger partial charge in [-0.1, -0.05) is 0 Å². The predicted octanol–water partition coefficient (Wildman–Crippen LogP) is 5.68. The smallest absolute Gasteiger partial charge is 0.477 e. The fourth-order valence-electron chi connectivity index (χ4n) is 2.14. The molecule has 4 nitrogen and oxygen atoms in total. The first-order valence-electron chi connectivity index (χ1n) is 7.08. The van der Waals surface area contributed by atoms with Crippen molar-refractivity contribution in [3.8, 4) is 17.2 Å². The van der Waals surface area contributed by atoms with Crippen LogP contribution in [0.2, 0.25) is 0 Å². The normalized spacial score (nSPS) is 12.0. The number of hydrogen-bond donors (Lipinski definition) is 1. The third-order valence-electron chi connectivity index (χ3n) is 3.37. The van der Waals surface area contributed by atoms with E-state index in [1.807, 2.05) is 0 Å². The number of ether oxygens (including phenoxy) is 2. The van der Waals surface area contributed by atoms with Crippen molar-refractivity contribution in [3.05, 3.63) is 52.6 Å². The molecule has 0 saturated carbocycles. The Morgan fingerprint density at radius 1 is 0.893 bits per heavy atom. The van der Waals surface area contributed by atoms with E-state index in [2.05, 4.69) is 4.74 Å². The van der Waals surface area contributed by atoms with Crippen molar-refractivity contribution in [1.29, 1.82) is 0 Å². The molecule has 2 rings (SSSR count). The number of alkyl halides is 6. The van der Waals surface area contributed by atoms with Crippen molar-refractivity contribution < 1.29 is 54.5 Å². The van der Waals surface area contributed by atoms with Gasteiger partial charge in [0.15, 0.2) is 17.4 Å². The summed E-state index contributed by atoms with van der Waals surface area (Å²) < 4.78 is 111. The minimum Gasteiger partial charge on any atom is -0.477 e. The van der Waals surface area contributed by atoms with Gasteiger partial charge in [0.25, 0.3) is 0 Å². The summed E-state index contributed by atoms with van der Waals surface area (Å²) in [5.41, 5.74) is -3.93. The third kappa shape index (κ3) is 4.43. The zero-order chi connectivity index (χ0) is 21.4. The zero-order valence-corrected chi connectivity index (χ0v) is 13.5. The average molecular weight is 416 g/mol. The van der Waals surface area contributed by atoms with Crippen LogP contribution >= 0.6 is 0 Å². The summed E-state index contributed by atoms with van der Waals surface area (Å²) in [6.07, 6.45) is -10.4. The molecular weight excluding hydrogens is 408 g/mol. The Morgan fingerprint density at radius 2 is 1.43 bits per heavy atom. The maximum absolute atomic E-state index is 14.0. The SMILES string of the molecule is Cc1c(Oc2ccc(C(F)(F)F)c(F)c2C(=O)O)ccc(OC(F)(F)F)c1F. The van der Waals surface area contributed by atoms with Crippen LogP contribution in [0.1, 0.15) is 21.5 Å². The molecule has 152 valence electrons. The monoisotopic (exact) mass is 416 g/mol. The van der Waals surface area contributed by atoms with Gasteiger partial charge in [0, 0.05) is 5.56 Å². The first-order valence-corrected chi connectivity index (χ1v) is 7.08. The molecule has 0 heterocycles. The van der Waals surface area contributed by atoms with Crippen molar-refractivity contribution in [2.45, 2.75) is 19.5 Å². The largest absolute Gasteiger partial charge is 0.573 e. The molecule has 0 aliphatic rings. The molecule has 0 atom stereocenters. The molecule has 28 heavy (non-hydrogen) atoms. The third-order valence-corrected chi connectivity index (χ3v) is 3.37. The van der Waals surface area contributed by atoms with Gasteiger partial charge in [0.1, 0.15) is 17.1 Å². The van der Waals surface area contributed by atoms with Crippen LogP contribution in [0.25, 0.3) is 0 Å². The predicted molar refractivity (Wildman–Crippen MR) is 76.3 cm³/mol. The summed E-state index contributed by atoms with van der Waals surface area (Å²) in [7, 11) is 0. The van der Waals surface area contributed by atoms with Crippen LogP contribution in [-0.2, 0) is 6.18 Å². The van der Waals surface area contributed by atoms with Gasteiger partial charge in [-0.2, -0.15) is 13.2 Å². The van der Waals surface area contributed by atoms with Crippen molar-refractivity contribution in [2.24, 2.45) is 0 Å². The summed E-state index contributed by atoms with van der Waals surface area (Å²) >= 11 is 0. The lowest BCUT2D eigenvalue weighted by molar-refractivity contribution is -0.275. The molecule has 0 amide bonds. The van der Waals surface area contributed by atoms with Crippen LogP contribution in [0.3, 0.4) is 0 Å². The van der Waals surface area contributed by atoms with E-state index in [9.17, 15) is 39.9 Å². The number of halogens is 8. The Labute approximate surface area is 150 Å². The molecule has 0 saturated heterocycles. The van der Waals surface area contributed by atoms with Gasteiger partial charge >= 0.3 is 18.5 Å². The maximum atomic E-state index is 14.0. The van der Waals surface area contributed by atoms with E-state index in [0.29, 0.717) is 12.1 Å². The number of benzene rings is 2. The number of carboxylic acid groups (broad SMARTS) is 1. The van der Waals surface area contributed by atoms with E-state index >= 15 is 0 Å². The summed E-state index contributed by atoms with van der Waals surface area (Å²) in [5, 5.41) is 9.00. The van der Waals surface area contributed by atoms with Gasteiger partial charge in [-0.15, -0.1) is 13.2 Å². The molecule has 0 spiro atoms. The molecule has 0 fully saturated rings. The number of rotatable bonds is 4. The first kappa shape index (κ1) is 21.3. The minimum absolute atomic E-state index is 0.212. The Hall–Kier alpha value is -3.05. The van der Waals surface area contributed by atoms with E-state index in [1.165, 1.54) is 0 Å². The summed E-state index contributed by atoms with van der Waals surface area (Å²) in [6, 6.07) is 1.96. The Kier molecular flexibility index (Phi) is 5.44. The Bertz CT molecular complexity index is 918. The summed E-state index contributed by atoms with van der Waals surface area (Å²) in [6.45, 7) is 0.939. The van der Waals surface area contributed by atoms with Gasteiger partial charge in [-0.25, -0.2) is 13.6 Å². The van der Waals surface area contributed by atoms with Crippen LogP contribution in [0.5, 0.6) is 17.2 Å². The lowest BCUT2D eigenvalue weighted by atomic mass is 10.1. The zero-order valence-electron chi connectivity index (χ0n) is 13.5. The second-order valence-electron chi connectivity index (χ2n) is 5.25. The van der Waals surface area contributed by atoms with Crippen molar-refractivity contribution in [1.82, 2.24) is 0 Å². The van der Waals surface area contributed by atoms with Crippen LogP contribution < -0.4 is 9.47 Å². The highest BCUT2D eigenvalue weighted by Gasteiger charge is 2.37. The summed E-state index contributed by atoms with van der Waals surface area (Å²) in [5.74, 6) is -8.44. The molecular formula is C16H8F8O4. The first-order chi connectivity index (χ1) is 12.7. The van der Waals surface area contributed by atoms with Gasteiger partial charge in [-0.3, -0.25) is 0 Å². The van der Waals surface area contributed by atoms with E-state index in [1.54, 1.807) is 0 Å². The molecule has 2 aromatic rings. The average Bonchev–Trinajstić information content (AvgIpc) is 2.52. The van der Waals surface area contributed by atoms with Crippen molar-refractivity contribution in [2.75, 3.05) is 0 Å². The lowest BCUT2D eigenvalue weighted by Crippen LogP contribution is -2.18. The van der Waals surface area contributed by atoms with Crippen LogP contribution in [0, 0.1) is 18.6 Å². The van der Waals surface area contributed by atoms with Crippen molar-refractivity contribution >= 4 is 5.97 Å². The number of hydrogen-bond acceptors (Lipinski definition) is 3. The van der Waals surface area contributed by atoms with Gasteiger partial charge in [0.2, 0.25) is 0 Å². The van der Waals surface area contributed by atoms with Crippen LogP contribution in [0.15, 0.2) is 24.3 Å². The molecule has 12 heteroatoms. The van der Waals surface area contributed by atoms with Crippen molar-refractivity contribution in [3.63, 3.8) is 0 Å². The highest BCUT2D eigenvalue weighted by atomic mass is 19.4. The molecule has 0 aliphatic heterocycles. The van der Waals surface area contributed by atoms with Gasteiger partial charge in [0.05, 0.1) is 5.56 Å². The van der Waals surface area contributed by atoms with Crippen LogP contribution in [-0.4, -0.2) is 17.4 Å². The molecule has 0 radical (unpaired) electrons. The molecule has 0 unspecified atom stereocenters. The fraction of sp³-hybridized carbons (Fsp3) is 0.188. The number of carboxylic acids is 1. The molecule has 0 aromatic heterocycles. The minimum atomic E-state index is -5.19. The second kappa shape index (κ2) is 7.17. The highest BCUT2D eigenvalue weighted by Crippen LogP contribution is 2.39. The quantitative estimate of drug-likeness (QED) is 0.652. The maximum Gasteiger partial charge on any atom is 0.573 e. The lowest BCUT2D eigenvalue weighted by Gasteiger charge is -2.16. The van der Waals surface area contributed by atoms with Crippen LogP contribution in [0.4, 0.5) is 35.1 Å². The summed E-state index contributed by atoms with van der Waals surface area (Å²) in [4.78, 5) is 11.2. The molecule has 2 aromatic carbocycles. The van der Waals surface area contributed by atoms with E-state index in [0.717, 1.165) is 13.0 Å². The van der Waals surface area contributed by atoms with E-state index < -0.39 is 64.1 Å². The Morgan fingerprint density at radius 3 is 1.93 bits per heavy atom. The van der Waals surface area contributed by atoms with E-state index in [4.69, 9.17) is 9.84 Å². The molecule has 0 bridgehead atoms. The van der Waals surface area contributed by atoms with Gasteiger partial charge < -0.3 is 14.6 Å². The van der Waals surface area contributed by atoms with Gasteiger partial charge in [-0.05, 0) is 31.2 Å². The Balaban J connectivity index is 2.50. The fourth-order valence-corrected chi connectivity index (χ4v) is 2.14. The second-order valence-corrected chi connectivity index (χ2v) is 5.25. The highest BCUT2D eigenvalue weighted by molar-refractivity contribution is 5.91.